The predicted octanol–water partition coefficient (Wildman–Crippen LogP) is 3.04. The molecule has 2 aromatic rings. The molecule has 0 aliphatic rings. The first-order valence-corrected chi connectivity index (χ1v) is 4.83. The second-order valence-electron chi connectivity index (χ2n) is 2.09. The second-order valence-corrected chi connectivity index (χ2v) is 4.68. The van der Waals surface area contributed by atoms with Crippen LogP contribution in [0.4, 0.5) is 4.39 Å². The fourth-order valence-corrected chi connectivity index (χ4v) is 2.25. The highest BCUT2D eigenvalue weighted by Gasteiger charge is 2.05. The van der Waals surface area contributed by atoms with Crippen LogP contribution < -0.4 is 0 Å². The van der Waals surface area contributed by atoms with E-state index in [9.17, 15) is 4.39 Å². The Balaban J connectivity index is 2.94. The molecule has 1 heterocycles. The fourth-order valence-electron chi connectivity index (χ4n) is 0.902. The molecule has 0 fully saturated rings. The van der Waals surface area contributed by atoms with Gasteiger partial charge in [-0.25, -0.2) is 4.39 Å². The van der Waals surface area contributed by atoms with Crippen LogP contribution >= 0.6 is 34.1 Å². The molecule has 0 amide bonds. The minimum atomic E-state index is -0.235. The van der Waals surface area contributed by atoms with Gasteiger partial charge in [-0.1, -0.05) is 12.1 Å². The third kappa shape index (κ3) is 1.14. The van der Waals surface area contributed by atoms with E-state index in [2.05, 4.69) is 27.0 Å². The lowest BCUT2D eigenvalue weighted by atomic mass is 10.2. The van der Waals surface area contributed by atoms with Gasteiger partial charge in [0.2, 0.25) is 0 Å². The van der Waals surface area contributed by atoms with E-state index in [4.69, 9.17) is 0 Å². The topological polar surface area (TPSA) is 12.9 Å². The first kappa shape index (κ1) is 7.42. The Morgan fingerprint density at radius 3 is 3.00 bits per heavy atom. The molecule has 11 heavy (non-hydrogen) atoms. The average molecular weight is 279 g/mol. The number of halogens is 2. The SMILES string of the molecule is Fc1cccc2c(I)snc12. The summed E-state index contributed by atoms with van der Waals surface area (Å²) in [6, 6.07) is 5.01. The van der Waals surface area contributed by atoms with Crippen molar-refractivity contribution in [1.29, 1.82) is 0 Å². The molecule has 0 atom stereocenters. The van der Waals surface area contributed by atoms with Crippen LogP contribution in [0.15, 0.2) is 18.2 Å². The van der Waals surface area contributed by atoms with Crippen molar-refractivity contribution in [3.8, 4) is 0 Å². The maximum absolute atomic E-state index is 12.9. The summed E-state index contributed by atoms with van der Waals surface area (Å²) in [6.45, 7) is 0. The molecule has 0 radical (unpaired) electrons. The number of hydrogen-bond donors (Lipinski definition) is 0. The summed E-state index contributed by atoms with van der Waals surface area (Å²) in [6.07, 6.45) is 0. The number of fused-ring (bicyclic) bond motifs is 1. The number of nitrogens with zero attached hydrogens (tertiary/aromatic N) is 1. The minimum Gasteiger partial charge on any atom is -0.205 e. The Hall–Kier alpha value is -0.230. The van der Waals surface area contributed by atoms with Crippen LogP contribution in [0.3, 0.4) is 0 Å². The highest BCUT2D eigenvalue weighted by molar-refractivity contribution is 14.1. The van der Waals surface area contributed by atoms with E-state index < -0.39 is 0 Å². The van der Waals surface area contributed by atoms with Gasteiger partial charge in [0.25, 0.3) is 0 Å². The Labute approximate surface area is 80.5 Å². The molecule has 1 aromatic carbocycles. The maximum Gasteiger partial charge on any atom is 0.150 e. The molecule has 1 nitrogen and oxygen atoms in total. The van der Waals surface area contributed by atoms with Gasteiger partial charge in [-0.05, 0) is 40.2 Å². The molecule has 56 valence electrons. The van der Waals surface area contributed by atoms with Crippen LogP contribution in [0.5, 0.6) is 0 Å². The summed E-state index contributed by atoms with van der Waals surface area (Å²) < 4.78 is 18.0. The number of benzene rings is 1. The normalized spacial score (nSPS) is 10.7. The zero-order valence-electron chi connectivity index (χ0n) is 5.34. The van der Waals surface area contributed by atoms with Crippen LogP contribution in [0, 0.1) is 8.70 Å². The van der Waals surface area contributed by atoms with Gasteiger partial charge >= 0.3 is 0 Å². The summed E-state index contributed by atoms with van der Waals surface area (Å²) in [4.78, 5) is 0. The van der Waals surface area contributed by atoms with Crippen LogP contribution in [0.25, 0.3) is 10.9 Å². The van der Waals surface area contributed by atoms with E-state index in [1.807, 2.05) is 6.07 Å². The van der Waals surface area contributed by atoms with E-state index in [1.54, 1.807) is 6.07 Å². The molecule has 0 bridgehead atoms. The number of rotatable bonds is 0. The van der Waals surface area contributed by atoms with Crippen molar-refractivity contribution < 1.29 is 4.39 Å². The first-order valence-electron chi connectivity index (χ1n) is 2.98. The molecule has 0 aliphatic heterocycles. The Morgan fingerprint density at radius 2 is 2.27 bits per heavy atom. The minimum absolute atomic E-state index is 0.235. The Kier molecular flexibility index (Phi) is 1.80. The Morgan fingerprint density at radius 1 is 1.45 bits per heavy atom. The maximum atomic E-state index is 12.9. The molecule has 0 unspecified atom stereocenters. The number of aromatic nitrogens is 1. The van der Waals surface area contributed by atoms with Crippen LogP contribution in [0.2, 0.25) is 0 Å². The smallest absolute Gasteiger partial charge is 0.150 e. The van der Waals surface area contributed by atoms with Crippen molar-refractivity contribution in [3.63, 3.8) is 0 Å². The molecule has 4 heteroatoms. The van der Waals surface area contributed by atoms with Gasteiger partial charge in [0.05, 0.1) is 2.88 Å². The highest BCUT2D eigenvalue weighted by atomic mass is 127. The molecular formula is C7H3FINS. The fraction of sp³-hybridized carbons (Fsp3) is 0. The standard InChI is InChI=1S/C7H3FINS/c8-5-3-1-2-4-6(5)10-11-7(4)9/h1-3H. The molecule has 0 saturated carbocycles. The van der Waals surface area contributed by atoms with Gasteiger partial charge in [0.1, 0.15) is 5.52 Å². The van der Waals surface area contributed by atoms with Gasteiger partial charge in [-0.2, -0.15) is 4.37 Å². The van der Waals surface area contributed by atoms with Crippen molar-refractivity contribution in [2.24, 2.45) is 0 Å². The summed E-state index contributed by atoms with van der Waals surface area (Å²) in [7, 11) is 0. The summed E-state index contributed by atoms with van der Waals surface area (Å²) in [5.41, 5.74) is 0.488. The summed E-state index contributed by atoms with van der Waals surface area (Å²) in [5.74, 6) is -0.235. The lowest BCUT2D eigenvalue weighted by Gasteiger charge is -1.88. The van der Waals surface area contributed by atoms with E-state index in [1.165, 1.54) is 17.6 Å². The third-order valence-electron chi connectivity index (χ3n) is 1.42. The lowest BCUT2D eigenvalue weighted by Crippen LogP contribution is -1.75. The average Bonchev–Trinajstić information content (AvgIpc) is 2.35. The van der Waals surface area contributed by atoms with E-state index in [0.717, 1.165) is 8.27 Å². The molecule has 0 saturated heterocycles. The summed E-state index contributed by atoms with van der Waals surface area (Å²) in [5, 5.41) is 0.913. The zero-order chi connectivity index (χ0) is 7.84. The lowest BCUT2D eigenvalue weighted by molar-refractivity contribution is 0.638. The van der Waals surface area contributed by atoms with E-state index >= 15 is 0 Å². The van der Waals surface area contributed by atoms with Crippen LogP contribution in [-0.4, -0.2) is 4.37 Å². The van der Waals surface area contributed by atoms with Crippen LogP contribution in [0.1, 0.15) is 0 Å². The van der Waals surface area contributed by atoms with Crippen LogP contribution in [-0.2, 0) is 0 Å². The zero-order valence-corrected chi connectivity index (χ0v) is 8.32. The van der Waals surface area contributed by atoms with Gasteiger partial charge in [0, 0.05) is 5.39 Å². The van der Waals surface area contributed by atoms with Crippen molar-refractivity contribution in [3.05, 3.63) is 26.9 Å². The number of hydrogen-bond acceptors (Lipinski definition) is 2. The highest BCUT2D eigenvalue weighted by Crippen LogP contribution is 2.25. The summed E-state index contributed by atoms with van der Waals surface area (Å²) >= 11 is 3.49. The van der Waals surface area contributed by atoms with Crippen molar-refractivity contribution in [2.75, 3.05) is 0 Å². The molecule has 0 N–H and O–H groups in total. The molecule has 0 aliphatic carbocycles. The second kappa shape index (κ2) is 2.67. The quantitative estimate of drug-likeness (QED) is 0.675. The first-order chi connectivity index (χ1) is 5.29. The molecule has 2 rings (SSSR count). The third-order valence-corrected chi connectivity index (χ3v) is 3.24. The largest absolute Gasteiger partial charge is 0.205 e. The Bertz CT molecular complexity index is 398. The van der Waals surface area contributed by atoms with Gasteiger partial charge in [-0.3, -0.25) is 0 Å². The van der Waals surface area contributed by atoms with Gasteiger partial charge < -0.3 is 0 Å². The molecular weight excluding hydrogens is 276 g/mol. The molecule has 1 aromatic heterocycles. The monoisotopic (exact) mass is 279 g/mol. The van der Waals surface area contributed by atoms with E-state index in [-0.39, 0.29) is 5.82 Å². The van der Waals surface area contributed by atoms with Crippen molar-refractivity contribution in [2.45, 2.75) is 0 Å². The van der Waals surface area contributed by atoms with E-state index in [0.29, 0.717) is 5.52 Å². The van der Waals surface area contributed by atoms with Crippen molar-refractivity contribution in [1.82, 2.24) is 4.37 Å². The van der Waals surface area contributed by atoms with Crippen molar-refractivity contribution >= 4 is 45.0 Å². The molecule has 0 spiro atoms. The van der Waals surface area contributed by atoms with Gasteiger partial charge in [-0.15, -0.1) is 0 Å². The predicted molar refractivity (Wildman–Crippen MR) is 52.3 cm³/mol. The van der Waals surface area contributed by atoms with Gasteiger partial charge in [0.15, 0.2) is 5.82 Å².